The Morgan fingerprint density at radius 2 is 2.00 bits per heavy atom. The molecule has 0 radical (unpaired) electrons. The number of rotatable bonds is 0. The molecule has 1 heterocycles. The Morgan fingerprint density at radius 1 is 1.19 bits per heavy atom. The van der Waals surface area contributed by atoms with Gasteiger partial charge in [-0.05, 0) is 11.1 Å². The Bertz CT molecular complexity index is 522. The Morgan fingerprint density at radius 3 is 2.75 bits per heavy atom. The van der Waals surface area contributed by atoms with E-state index in [0.29, 0.717) is 6.42 Å². The average molecular weight is 214 g/mol. The summed E-state index contributed by atoms with van der Waals surface area (Å²) in [4.78, 5) is 23.2. The van der Waals surface area contributed by atoms with Crippen molar-refractivity contribution in [2.45, 2.75) is 12.0 Å². The number of nitrogens with one attached hydrogen (secondary N) is 2. The first kappa shape index (κ1) is 9.15. The van der Waals surface area contributed by atoms with Gasteiger partial charge >= 0.3 is 6.03 Å². The van der Waals surface area contributed by atoms with Gasteiger partial charge in [-0.1, -0.05) is 36.4 Å². The second-order valence-corrected chi connectivity index (χ2v) is 4.01. The molecule has 1 aromatic carbocycles. The molecule has 3 rings (SSSR count). The first-order chi connectivity index (χ1) is 7.72. The number of carbonyl (C=O) groups is 2. The van der Waals surface area contributed by atoms with Crippen LogP contribution in [0.25, 0.3) is 6.08 Å². The van der Waals surface area contributed by atoms with Crippen molar-refractivity contribution >= 4 is 18.0 Å². The number of imide groups is 1. The number of carbonyl (C=O) groups excluding carboxylic acids is 2. The molecule has 2 N–H and O–H groups in total. The monoisotopic (exact) mass is 214 g/mol. The predicted molar refractivity (Wildman–Crippen MR) is 58.4 cm³/mol. The zero-order valence-electron chi connectivity index (χ0n) is 8.49. The van der Waals surface area contributed by atoms with Crippen LogP contribution in [0.5, 0.6) is 0 Å². The Kier molecular flexibility index (Phi) is 1.68. The Hall–Kier alpha value is -2.10. The van der Waals surface area contributed by atoms with Crippen molar-refractivity contribution < 1.29 is 9.59 Å². The van der Waals surface area contributed by atoms with Crippen LogP contribution in [0.2, 0.25) is 0 Å². The third-order valence-electron chi connectivity index (χ3n) is 3.08. The van der Waals surface area contributed by atoms with Gasteiger partial charge in [0, 0.05) is 6.42 Å². The van der Waals surface area contributed by atoms with E-state index in [1.165, 1.54) is 0 Å². The van der Waals surface area contributed by atoms with Gasteiger partial charge in [-0.15, -0.1) is 0 Å². The van der Waals surface area contributed by atoms with Crippen molar-refractivity contribution in [3.63, 3.8) is 0 Å². The SMILES string of the molecule is O=C1NC(=O)C2(CC=Cc3ccccc32)N1. The molecule has 1 aliphatic heterocycles. The number of amides is 3. The van der Waals surface area contributed by atoms with Gasteiger partial charge in [-0.25, -0.2) is 4.79 Å². The largest absolute Gasteiger partial charge is 0.322 e. The van der Waals surface area contributed by atoms with E-state index in [1.54, 1.807) is 0 Å². The summed E-state index contributed by atoms with van der Waals surface area (Å²) in [6.45, 7) is 0. The fourth-order valence-corrected chi connectivity index (χ4v) is 2.33. The summed E-state index contributed by atoms with van der Waals surface area (Å²) in [5.74, 6) is -0.269. The molecule has 2 aliphatic rings. The number of fused-ring (bicyclic) bond motifs is 2. The lowest BCUT2D eigenvalue weighted by molar-refractivity contribution is -0.124. The van der Waals surface area contributed by atoms with Crippen LogP contribution in [-0.4, -0.2) is 11.9 Å². The minimum atomic E-state index is -0.900. The van der Waals surface area contributed by atoms with E-state index < -0.39 is 11.6 Å². The first-order valence-electron chi connectivity index (χ1n) is 5.12. The highest BCUT2D eigenvalue weighted by Gasteiger charge is 2.48. The average Bonchev–Trinajstić information content (AvgIpc) is 2.55. The molecule has 1 aromatic rings. The Labute approximate surface area is 92.3 Å². The summed E-state index contributed by atoms with van der Waals surface area (Å²) in [5, 5.41) is 5.02. The second kappa shape index (κ2) is 2.95. The summed E-state index contributed by atoms with van der Waals surface area (Å²) in [7, 11) is 0. The summed E-state index contributed by atoms with van der Waals surface area (Å²) in [6, 6.07) is 7.18. The second-order valence-electron chi connectivity index (χ2n) is 4.01. The van der Waals surface area contributed by atoms with Gasteiger partial charge in [0.1, 0.15) is 0 Å². The zero-order chi connectivity index (χ0) is 11.2. The van der Waals surface area contributed by atoms with Gasteiger partial charge in [0.05, 0.1) is 0 Å². The highest BCUT2D eigenvalue weighted by atomic mass is 16.2. The van der Waals surface area contributed by atoms with E-state index in [-0.39, 0.29) is 5.91 Å². The van der Waals surface area contributed by atoms with Gasteiger partial charge in [-0.2, -0.15) is 0 Å². The molecule has 1 spiro atoms. The maximum absolute atomic E-state index is 11.9. The molecule has 3 amide bonds. The normalized spacial score (nSPS) is 26.5. The molecule has 1 saturated heterocycles. The van der Waals surface area contributed by atoms with Crippen LogP contribution in [0, 0.1) is 0 Å². The predicted octanol–water partition coefficient (Wildman–Crippen LogP) is 1.14. The first-order valence-corrected chi connectivity index (χ1v) is 5.12. The van der Waals surface area contributed by atoms with Crippen molar-refractivity contribution in [1.29, 1.82) is 0 Å². The standard InChI is InChI=1S/C12H10N2O2/c15-10-12(14-11(16)13-10)7-3-5-8-4-1-2-6-9(8)12/h1-6H,7H2,(H2,13,14,15,16). The van der Waals surface area contributed by atoms with Gasteiger partial charge < -0.3 is 5.32 Å². The van der Waals surface area contributed by atoms with E-state index in [1.807, 2.05) is 36.4 Å². The summed E-state index contributed by atoms with van der Waals surface area (Å²) in [6.07, 6.45) is 4.38. The van der Waals surface area contributed by atoms with E-state index in [2.05, 4.69) is 10.6 Å². The lowest BCUT2D eigenvalue weighted by Gasteiger charge is -2.29. The number of urea groups is 1. The van der Waals surface area contributed by atoms with Crippen molar-refractivity contribution in [2.24, 2.45) is 0 Å². The zero-order valence-corrected chi connectivity index (χ0v) is 8.49. The van der Waals surface area contributed by atoms with Gasteiger partial charge in [0.25, 0.3) is 5.91 Å². The van der Waals surface area contributed by atoms with Gasteiger partial charge in [-0.3, -0.25) is 10.1 Å². The van der Waals surface area contributed by atoms with Crippen molar-refractivity contribution in [3.05, 3.63) is 41.5 Å². The van der Waals surface area contributed by atoms with E-state index >= 15 is 0 Å². The Balaban J connectivity index is 2.21. The molecule has 0 aromatic heterocycles. The fraction of sp³-hybridized carbons (Fsp3) is 0.167. The summed E-state index contributed by atoms with van der Waals surface area (Å²) < 4.78 is 0. The molecule has 1 aliphatic carbocycles. The lowest BCUT2D eigenvalue weighted by Crippen LogP contribution is -2.44. The number of hydrogen-bond donors (Lipinski definition) is 2. The summed E-state index contributed by atoms with van der Waals surface area (Å²) in [5.41, 5.74) is 0.939. The number of hydrogen-bond acceptors (Lipinski definition) is 2. The quantitative estimate of drug-likeness (QED) is 0.636. The topological polar surface area (TPSA) is 58.2 Å². The number of benzene rings is 1. The fourth-order valence-electron chi connectivity index (χ4n) is 2.33. The van der Waals surface area contributed by atoms with Gasteiger partial charge in [0.2, 0.25) is 0 Å². The van der Waals surface area contributed by atoms with Crippen LogP contribution in [-0.2, 0) is 10.3 Å². The van der Waals surface area contributed by atoms with E-state index in [0.717, 1.165) is 11.1 Å². The highest BCUT2D eigenvalue weighted by molar-refractivity contribution is 6.08. The van der Waals surface area contributed by atoms with Crippen molar-refractivity contribution in [1.82, 2.24) is 10.6 Å². The third kappa shape index (κ3) is 1.04. The molecule has 1 unspecified atom stereocenters. The molecule has 4 heteroatoms. The molecular weight excluding hydrogens is 204 g/mol. The van der Waals surface area contributed by atoms with Crippen LogP contribution < -0.4 is 10.6 Å². The van der Waals surface area contributed by atoms with Crippen LogP contribution in [0.3, 0.4) is 0 Å². The molecule has 1 atom stereocenters. The van der Waals surface area contributed by atoms with Crippen molar-refractivity contribution in [3.8, 4) is 0 Å². The summed E-state index contributed by atoms with van der Waals surface area (Å²) >= 11 is 0. The van der Waals surface area contributed by atoms with E-state index in [4.69, 9.17) is 0 Å². The van der Waals surface area contributed by atoms with Crippen LogP contribution >= 0.6 is 0 Å². The molecule has 0 bridgehead atoms. The molecular formula is C12H10N2O2. The lowest BCUT2D eigenvalue weighted by atomic mass is 9.80. The maximum atomic E-state index is 11.9. The molecule has 4 nitrogen and oxygen atoms in total. The maximum Gasteiger partial charge on any atom is 0.322 e. The van der Waals surface area contributed by atoms with E-state index in [9.17, 15) is 9.59 Å². The minimum absolute atomic E-state index is 0.269. The molecule has 0 saturated carbocycles. The highest BCUT2D eigenvalue weighted by Crippen LogP contribution is 2.35. The molecule has 16 heavy (non-hydrogen) atoms. The smallest absolute Gasteiger partial charge is 0.319 e. The minimum Gasteiger partial charge on any atom is -0.319 e. The van der Waals surface area contributed by atoms with Crippen LogP contribution in [0.15, 0.2) is 30.3 Å². The van der Waals surface area contributed by atoms with Crippen LogP contribution in [0.1, 0.15) is 17.5 Å². The third-order valence-corrected chi connectivity index (χ3v) is 3.08. The van der Waals surface area contributed by atoms with Crippen LogP contribution in [0.4, 0.5) is 4.79 Å². The van der Waals surface area contributed by atoms with Crippen molar-refractivity contribution in [2.75, 3.05) is 0 Å². The molecule has 80 valence electrons. The van der Waals surface area contributed by atoms with Gasteiger partial charge in [0.15, 0.2) is 5.54 Å². The molecule has 1 fully saturated rings.